The van der Waals surface area contributed by atoms with Crippen LogP contribution in [0, 0.1) is 5.92 Å². The van der Waals surface area contributed by atoms with Crippen molar-refractivity contribution in [2.24, 2.45) is 5.92 Å². The fourth-order valence-corrected chi connectivity index (χ4v) is 3.04. The van der Waals surface area contributed by atoms with Gasteiger partial charge >= 0.3 is 0 Å². The van der Waals surface area contributed by atoms with Crippen molar-refractivity contribution < 1.29 is 9.53 Å². The Morgan fingerprint density at radius 1 is 1.31 bits per heavy atom. The summed E-state index contributed by atoms with van der Waals surface area (Å²) in [5, 5.41) is 0. The van der Waals surface area contributed by atoms with E-state index in [1.54, 1.807) is 0 Å². The fraction of sp³-hybridized carbons (Fsp3) is 0.923. The first-order valence-electron chi connectivity index (χ1n) is 6.44. The Morgan fingerprint density at radius 2 is 1.88 bits per heavy atom. The Hall–Kier alpha value is -0.410. The summed E-state index contributed by atoms with van der Waals surface area (Å²) in [4.78, 5) is 14.4. The average molecular weight is 225 g/mol. The number of Topliss-reactive ketones (excluding diaryl/α,β-unsaturated/α-hetero) is 1. The Balaban J connectivity index is 1.85. The maximum absolute atomic E-state index is 12.0. The van der Waals surface area contributed by atoms with Crippen molar-refractivity contribution >= 4 is 5.78 Å². The zero-order valence-electron chi connectivity index (χ0n) is 10.6. The minimum absolute atomic E-state index is 0.159. The third-order valence-electron chi connectivity index (χ3n) is 4.11. The van der Waals surface area contributed by atoms with E-state index in [0.29, 0.717) is 24.5 Å². The summed E-state index contributed by atoms with van der Waals surface area (Å²) < 4.78 is 5.41. The van der Waals surface area contributed by atoms with Crippen LogP contribution in [0.4, 0.5) is 0 Å². The molecule has 2 atom stereocenters. The van der Waals surface area contributed by atoms with E-state index in [2.05, 4.69) is 11.9 Å². The molecular formula is C13H23NO2. The van der Waals surface area contributed by atoms with Crippen LogP contribution in [0.1, 0.15) is 39.5 Å². The van der Waals surface area contributed by atoms with E-state index in [0.717, 1.165) is 12.8 Å². The number of hydrogen-bond donors (Lipinski definition) is 0. The van der Waals surface area contributed by atoms with E-state index in [1.165, 1.54) is 12.8 Å². The molecule has 0 aromatic carbocycles. The second-order valence-electron chi connectivity index (χ2n) is 5.54. The molecule has 0 saturated carbocycles. The van der Waals surface area contributed by atoms with Gasteiger partial charge in [0.2, 0.25) is 0 Å². The number of hydrogen-bond acceptors (Lipinski definition) is 3. The van der Waals surface area contributed by atoms with Gasteiger partial charge in [-0.1, -0.05) is 0 Å². The van der Waals surface area contributed by atoms with Gasteiger partial charge in [0.15, 0.2) is 5.78 Å². The lowest BCUT2D eigenvalue weighted by Crippen LogP contribution is -2.42. The first kappa shape index (κ1) is 12.1. The van der Waals surface area contributed by atoms with Crippen LogP contribution in [0.15, 0.2) is 0 Å². The lowest BCUT2D eigenvalue weighted by atomic mass is 9.88. The standard InChI is InChI=1S/C13H23NO2/c1-9(2)16-8-13(15)10-6-11-4-5-12(7-10)14(11)3/h9-12H,4-8H2,1-3H3. The first-order valence-corrected chi connectivity index (χ1v) is 6.44. The molecule has 92 valence electrons. The number of carbonyl (C=O) groups excluding carboxylic acids is 1. The molecule has 0 amide bonds. The molecule has 2 rings (SSSR count). The van der Waals surface area contributed by atoms with E-state index in [4.69, 9.17) is 4.74 Å². The quantitative estimate of drug-likeness (QED) is 0.731. The van der Waals surface area contributed by atoms with E-state index >= 15 is 0 Å². The summed E-state index contributed by atoms with van der Waals surface area (Å²) in [7, 11) is 2.20. The zero-order chi connectivity index (χ0) is 11.7. The van der Waals surface area contributed by atoms with Crippen molar-refractivity contribution in [1.29, 1.82) is 0 Å². The van der Waals surface area contributed by atoms with Crippen molar-refractivity contribution in [1.82, 2.24) is 4.90 Å². The topological polar surface area (TPSA) is 29.5 Å². The summed E-state index contributed by atoms with van der Waals surface area (Å²) in [6.07, 6.45) is 4.80. The summed E-state index contributed by atoms with van der Waals surface area (Å²) in [6, 6.07) is 1.29. The molecular weight excluding hydrogens is 202 g/mol. The lowest BCUT2D eigenvalue weighted by Gasteiger charge is -2.35. The molecule has 0 spiro atoms. The third-order valence-corrected chi connectivity index (χ3v) is 4.11. The van der Waals surface area contributed by atoms with Gasteiger partial charge in [-0.15, -0.1) is 0 Å². The molecule has 0 N–H and O–H groups in total. The van der Waals surface area contributed by atoms with Gasteiger partial charge in [-0.25, -0.2) is 0 Å². The summed E-state index contributed by atoms with van der Waals surface area (Å²) in [5.74, 6) is 0.575. The van der Waals surface area contributed by atoms with Gasteiger partial charge in [0, 0.05) is 18.0 Å². The molecule has 0 aliphatic carbocycles. The van der Waals surface area contributed by atoms with Crippen LogP contribution in [0.2, 0.25) is 0 Å². The molecule has 2 aliphatic rings. The normalized spacial score (nSPS) is 34.6. The van der Waals surface area contributed by atoms with Gasteiger partial charge in [0.25, 0.3) is 0 Å². The molecule has 2 fully saturated rings. The highest BCUT2D eigenvalue weighted by Gasteiger charge is 2.40. The molecule has 0 aromatic heterocycles. The minimum atomic E-state index is 0.159. The van der Waals surface area contributed by atoms with E-state index in [-0.39, 0.29) is 12.0 Å². The van der Waals surface area contributed by atoms with Crippen LogP contribution in [0.25, 0.3) is 0 Å². The Labute approximate surface area is 98.1 Å². The molecule has 3 heteroatoms. The smallest absolute Gasteiger partial charge is 0.161 e. The highest BCUT2D eigenvalue weighted by atomic mass is 16.5. The Bertz CT molecular complexity index is 251. The minimum Gasteiger partial charge on any atom is -0.371 e. The number of fused-ring (bicyclic) bond motifs is 2. The molecule has 2 bridgehead atoms. The maximum Gasteiger partial charge on any atom is 0.161 e. The number of ether oxygens (including phenoxy) is 1. The number of piperidine rings is 1. The highest BCUT2D eigenvalue weighted by molar-refractivity contribution is 5.82. The van der Waals surface area contributed by atoms with Crippen molar-refractivity contribution in [3.63, 3.8) is 0 Å². The van der Waals surface area contributed by atoms with Gasteiger partial charge in [-0.3, -0.25) is 4.79 Å². The average Bonchev–Trinajstić information content (AvgIpc) is 2.50. The second-order valence-corrected chi connectivity index (χ2v) is 5.54. The van der Waals surface area contributed by atoms with Crippen LogP contribution in [-0.2, 0) is 9.53 Å². The van der Waals surface area contributed by atoms with Crippen LogP contribution < -0.4 is 0 Å². The molecule has 16 heavy (non-hydrogen) atoms. The molecule has 3 nitrogen and oxygen atoms in total. The molecule has 2 aliphatic heterocycles. The molecule has 0 radical (unpaired) electrons. The zero-order valence-corrected chi connectivity index (χ0v) is 10.6. The SMILES string of the molecule is CC(C)OCC(=O)C1CC2CCC(C1)N2C. The van der Waals surface area contributed by atoms with Crippen LogP contribution in [0.5, 0.6) is 0 Å². The van der Waals surface area contributed by atoms with Crippen molar-refractivity contribution in [3.05, 3.63) is 0 Å². The monoisotopic (exact) mass is 225 g/mol. The molecule has 2 saturated heterocycles. The van der Waals surface area contributed by atoms with Crippen LogP contribution >= 0.6 is 0 Å². The van der Waals surface area contributed by atoms with E-state index in [9.17, 15) is 4.79 Å². The number of ketones is 1. The molecule has 2 unspecified atom stereocenters. The predicted octanol–water partition coefficient (Wildman–Crippen LogP) is 1.85. The fourth-order valence-electron chi connectivity index (χ4n) is 3.04. The largest absolute Gasteiger partial charge is 0.371 e. The summed E-state index contributed by atoms with van der Waals surface area (Å²) in [6.45, 7) is 4.27. The predicted molar refractivity (Wildman–Crippen MR) is 63.4 cm³/mol. The highest BCUT2D eigenvalue weighted by Crippen LogP contribution is 2.37. The van der Waals surface area contributed by atoms with E-state index < -0.39 is 0 Å². The van der Waals surface area contributed by atoms with Crippen molar-refractivity contribution in [2.75, 3.05) is 13.7 Å². The maximum atomic E-state index is 12.0. The first-order chi connectivity index (χ1) is 7.58. The van der Waals surface area contributed by atoms with Gasteiger partial charge in [0.1, 0.15) is 6.61 Å². The third kappa shape index (κ3) is 2.46. The second kappa shape index (κ2) is 4.84. The Kier molecular flexibility index (Phi) is 3.65. The molecule has 0 aromatic rings. The van der Waals surface area contributed by atoms with Gasteiger partial charge in [-0.2, -0.15) is 0 Å². The summed E-state index contributed by atoms with van der Waals surface area (Å²) in [5.41, 5.74) is 0. The number of carbonyl (C=O) groups is 1. The Morgan fingerprint density at radius 3 is 2.38 bits per heavy atom. The number of nitrogens with zero attached hydrogens (tertiary/aromatic N) is 1. The van der Waals surface area contributed by atoms with Gasteiger partial charge in [0.05, 0.1) is 6.10 Å². The number of rotatable bonds is 4. The van der Waals surface area contributed by atoms with Gasteiger partial charge in [-0.05, 0) is 46.6 Å². The van der Waals surface area contributed by atoms with Crippen molar-refractivity contribution in [2.45, 2.75) is 57.7 Å². The van der Waals surface area contributed by atoms with E-state index in [1.807, 2.05) is 13.8 Å². The lowest BCUT2D eigenvalue weighted by molar-refractivity contribution is -0.131. The summed E-state index contributed by atoms with van der Waals surface area (Å²) >= 11 is 0. The van der Waals surface area contributed by atoms with Crippen molar-refractivity contribution in [3.8, 4) is 0 Å². The molecule has 2 heterocycles. The van der Waals surface area contributed by atoms with Crippen LogP contribution in [0.3, 0.4) is 0 Å². The van der Waals surface area contributed by atoms with Gasteiger partial charge < -0.3 is 9.64 Å². The van der Waals surface area contributed by atoms with Crippen LogP contribution in [-0.4, -0.2) is 42.5 Å².